The molecule has 28 heavy (non-hydrogen) atoms. The summed E-state index contributed by atoms with van der Waals surface area (Å²) in [7, 11) is 1.85. The highest BCUT2D eigenvalue weighted by Gasteiger charge is 2.23. The van der Waals surface area contributed by atoms with Crippen molar-refractivity contribution in [3.05, 3.63) is 22.4 Å². The maximum Gasteiger partial charge on any atom is 0.191 e. The van der Waals surface area contributed by atoms with Gasteiger partial charge < -0.3 is 20.3 Å². The fourth-order valence-electron chi connectivity index (χ4n) is 4.02. The van der Waals surface area contributed by atoms with E-state index in [-0.39, 0.29) is 24.0 Å². The SMILES string of the molecule is CN=C(NCCN1CCCC(C)C1)NCC(c1cccs1)N1CCOCC1.I. The van der Waals surface area contributed by atoms with E-state index in [4.69, 9.17) is 4.74 Å². The zero-order valence-corrected chi connectivity index (χ0v) is 20.4. The molecule has 2 fully saturated rings. The van der Waals surface area contributed by atoms with Crippen LogP contribution in [0.3, 0.4) is 0 Å². The van der Waals surface area contributed by atoms with E-state index in [1.165, 1.54) is 30.8 Å². The number of halogens is 1. The number of thiophene rings is 1. The summed E-state index contributed by atoms with van der Waals surface area (Å²) < 4.78 is 5.53. The minimum atomic E-state index is 0. The second-order valence-electron chi connectivity index (χ2n) is 7.61. The molecule has 0 aliphatic carbocycles. The Morgan fingerprint density at radius 3 is 2.82 bits per heavy atom. The average molecular weight is 522 g/mol. The topological polar surface area (TPSA) is 52.1 Å². The normalized spacial score (nSPS) is 23.1. The fourth-order valence-corrected chi connectivity index (χ4v) is 4.88. The quantitative estimate of drug-likeness (QED) is 0.329. The Bertz CT molecular complexity index is 565. The molecule has 0 radical (unpaired) electrons. The van der Waals surface area contributed by atoms with Gasteiger partial charge in [-0.1, -0.05) is 13.0 Å². The smallest absolute Gasteiger partial charge is 0.191 e. The number of rotatable bonds is 7. The molecule has 1 aromatic rings. The van der Waals surface area contributed by atoms with Gasteiger partial charge in [-0.2, -0.15) is 0 Å². The third-order valence-electron chi connectivity index (χ3n) is 5.51. The number of guanidine groups is 1. The summed E-state index contributed by atoms with van der Waals surface area (Å²) in [6.07, 6.45) is 2.70. The lowest BCUT2D eigenvalue weighted by atomic mass is 10.0. The highest BCUT2D eigenvalue weighted by molar-refractivity contribution is 14.0. The minimum Gasteiger partial charge on any atom is -0.379 e. The molecule has 8 heteroatoms. The predicted molar refractivity (Wildman–Crippen MR) is 129 cm³/mol. The van der Waals surface area contributed by atoms with Crippen molar-refractivity contribution in [2.24, 2.45) is 10.9 Å². The van der Waals surface area contributed by atoms with Crippen molar-refractivity contribution in [2.75, 3.05) is 66.1 Å². The van der Waals surface area contributed by atoms with Gasteiger partial charge in [0.25, 0.3) is 0 Å². The Morgan fingerprint density at radius 1 is 1.32 bits per heavy atom. The second-order valence-corrected chi connectivity index (χ2v) is 8.59. The van der Waals surface area contributed by atoms with Gasteiger partial charge in [0.1, 0.15) is 0 Å². The lowest BCUT2D eigenvalue weighted by molar-refractivity contribution is 0.0177. The number of nitrogens with zero attached hydrogens (tertiary/aromatic N) is 3. The lowest BCUT2D eigenvalue weighted by Gasteiger charge is -2.34. The molecule has 3 heterocycles. The van der Waals surface area contributed by atoms with E-state index in [1.54, 1.807) is 0 Å². The summed E-state index contributed by atoms with van der Waals surface area (Å²) in [5.74, 6) is 1.73. The Morgan fingerprint density at radius 2 is 2.14 bits per heavy atom. The Balaban J connectivity index is 0.00000280. The van der Waals surface area contributed by atoms with E-state index in [2.05, 4.69) is 49.9 Å². The molecule has 2 unspecified atom stereocenters. The van der Waals surface area contributed by atoms with Crippen molar-refractivity contribution in [3.63, 3.8) is 0 Å². The number of hydrogen-bond donors (Lipinski definition) is 2. The van der Waals surface area contributed by atoms with Gasteiger partial charge in [-0.05, 0) is 36.8 Å². The zero-order chi connectivity index (χ0) is 18.9. The van der Waals surface area contributed by atoms with Gasteiger partial charge in [0.2, 0.25) is 0 Å². The van der Waals surface area contributed by atoms with Crippen molar-refractivity contribution in [1.82, 2.24) is 20.4 Å². The first-order chi connectivity index (χ1) is 13.3. The van der Waals surface area contributed by atoms with Crippen molar-refractivity contribution in [2.45, 2.75) is 25.8 Å². The van der Waals surface area contributed by atoms with Crippen molar-refractivity contribution in [1.29, 1.82) is 0 Å². The molecule has 3 rings (SSSR count). The van der Waals surface area contributed by atoms with Crippen LogP contribution in [0.5, 0.6) is 0 Å². The fraction of sp³-hybridized carbons (Fsp3) is 0.750. The molecule has 0 bridgehead atoms. The molecule has 0 aromatic carbocycles. The van der Waals surface area contributed by atoms with Crippen LogP contribution in [0.1, 0.15) is 30.7 Å². The first-order valence-corrected chi connectivity index (χ1v) is 11.2. The van der Waals surface area contributed by atoms with E-state index in [1.807, 2.05) is 18.4 Å². The number of hydrogen-bond acceptors (Lipinski definition) is 5. The summed E-state index contributed by atoms with van der Waals surface area (Å²) in [5.41, 5.74) is 0. The molecule has 2 aliphatic heterocycles. The van der Waals surface area contributed by atoms with Crippen molar-refractivity contribution >= 4 is 41.3 Å². The van der Waals surface area contributed by atoms with E-state index < -0.39 is 0 Å². The van der Waals surface area contributed by atoms with Crippen LogP contribution in [0.15, 0.2) is 22.5 Å². The lowest BCUT2D eigenvalue weighted by Crippen LogP contribution is -2.47. The van der Waals surface area contributed by atoms with Crippen molar-refractivity contribution < 1.29 is 4.74 Å². The minimum absolute atomic E-state index is 0. The Kier molecular flexibility index (Phi) is 11.1. The van der Waals surface area contributed by atoms with Gasteiger partial charge >= 0.3 is 0 Å². The molecule has 2 saturated heterocycles. The molecular weight excluding hydrogens is 485 g/mol. The van der Waals surface area contributed by atoms with Crippen LogP contribution in [0.4, 0.5) is 0 Å². The van der Waals surface area contributed by atoms with Gasteiger partial charge in [-0.15, -0.1) is 35.3 Å². The summed E-state index contributed by atoms with van der Waals surface area (Å²) >= 11 is 1.83. The van der Waals surface area contributed by atoms with Gasteiger partial charge in [0.05, 0.1) is 19.3 Å². The first-order valence-electron chi connectivity index (χ1n) is 10.3. The van der Waals surface area contributed by atoms with Gasteiger partial charge in [-0.3, -0.25) is 9.89 Å². The van der Waals surface area contributed by atoms with Crippen LogP contribution in [0, 0.1) is 5.92 Å². The molecule has 0 saturated carbocycles. The maximum atomic E-state index is 5.53. The van der Waals surface area contributed by atoms with Crippen molar-refractivity contribution in [3.8, 4) is 0 Å². The molecule has 0 amide bonds. The van der Waals surface area contributed by atoms with Crippen LogP contribution in [0.2, 0.25) is 0 Å². The summed E-state index contributed by atoms with van der Waals surface area (Å²) in [6, 6.07) is 4.75. The highest BCUT2D eigenvalue weighted by atomic mass is 127. The van der Waals surface area contributed by atoms with E-state index in [0.717, 1.165) is 57.8 Å². The van der Waals surface area contributed by atoms with Gasteiger partial charge in [-0.25, -0.2) is 0 Å². The standard InChI is InChI=1S/C20H35N5OS.HI/c1-17-5-3-8-24(16-17)9-7-22-20(21-2)23-15-18(19-6-4-14-27-19)25-10-12-26-13-11-25;/h4,6,14,17-18H,3,5,7-13,15-16H2,1-2H3,(H2,21,22,23);1H. The average Bonchev–Trinajstić information content (AvgIpc) is 3.22. The number of aliphatic imine (C=N–C) groups is 1. The summed E-state index contributed by atoms with van der Waals surface area (Å²) in [6.45, 7) is 11.3. The molecule has 160 valence electrons. The number of ether oxygens (including phenoxy) is 1. The summed E-state index contributed by atoms with van der Waals surface area (Å²) in [4.78, 5) is 10.9. The monoisotopic (exact) mass is 521 g/mol. The molecular formula is C20H36IN5OS. The molecule has 6 nitrogen and oxygen atoms in total. The second kappa shape index (κ2) is 13.0. The van der Waals surface area contributed by atoms with Gasteiger partial charge in [0.15, 0.2) is 5.96 Å². The van der Waals surface area contributed by atoms with Gasteiger partial charge in [0, 0.05) is 51.2 Å². The number of morpholine rings is 1. The predicted octanol–water partition coefficient (Wildman–Crippen LogP) is 2.64. The van der Waals surface area contributed by atoms with Crippen LogP contribution in [-0.2, 0) is 4.74 Å². The molecule has 2 aliphatic rings. The van der Waals surface area contributed by atoms with E-state index in [0.29, 0.717) is 6.04 Å². The van der Waals surface area contributed by atoms with E-state index in [9.17, 15) is 0 Å². The molecule has 1 aromatic heterocycles. The number of piperidine rings is 1. The first kappa shape index (κ1) is 23.9. The van der Waals surface area contributed by atoms with Crippen LogP contribution < -0.4 is 10.6 Å². The Labute approximate surface area is 191 Å². The van der Waals surface area contributed by atoms with E-state index >= 15 is 0 Å². The van der Waals surface area contributed by atoms with Crippen LogP contribution in [-0.4, -0.2) is 81.8 Å². The number of nitrogens with one attached hydrogen (secondary N) is 2. The molecule has 2 atom stereocenters. The number of likely N-dealkylation sites (tertiary alicyclic amines) is 1. The highest BCUT2D eigenvalue weighted by Crippen LogP contribution is 2.25. The third-order valence-corrected chi connectivity index (χ3v) is 6.48. The largest absolute Gasteiger partial charge is 0.379 e. The summed E-state index contributed by atoms with van der Waals surface area (Å²) in [5, 5.41) is 9.20. The molecule has 0 spiro atoms. The maximum absolute atomic E-state index is 5.53. The third kappa shape index (κ3) is 7.44. The molecule has 2 N–H and O–H groups in total. The zero-order valence-electron chi connectivity index (χ0n) is 17.2. The van der Waals surface area contributed by atoms with Crippen LogP contribution >= 0.6 is 35.3 Å². The Hall–Kier alpha value is -0.420. The van der Waals surface area contributed by atoms with Crippen LogP contribution in [0.25, 0.3) is 0 Å².